The number of hydrogen-bond acceptors (Lipinski definition) is 1. The molecule has 1 aliphatic heterocycles. The second kappa shape index (κ2) is 3.98. The van der Waals surface area contributed by atoms with Gasteiger partial charge in [0.1, 0.15) is 5.41 Å². The Morgan fingerprint density at radius 3 is 2.22 bits per heavy atom. The zero-order valence-electron chi connectivity index (χ0n) is 10.0. The molecule has 98 valence electrons. The molecule has 0 radical (unpaired) electrons. The van der Waals surface area contributed by atoms with Crippen LogP contribution in [0.3, 0.4) is 0 Å². The van der Waals surface area contributed by atoms with E-state index in [1.165, 1.54) is 5.56 Å². The molecule has 0 spiro atoms. The summed E-state index contributed by atoms with van der Waals surface area (Å²) in [6, 6.07) is 5.26. The van der Waals surface area contributed by atoms with Crippen LogP contribution < -0.4 is 0 Å². The van der Waals surface area contributed by atoms with E-state index in [1.54, 1.807) is 12.1 Å². The summed E-state index contributed by atoms with van der Waals surface area (Å²) in [6.07, 6.45) is -0.122. The molecular weight excluding hydrogens is 241 g/mol. The molecule has 18 heavy (non-hydrogen) atoms. The Morgan fingerprint density at radius 2 is 1.67 bits per heavy atom. The van der Waals surface area contributed by atoms with Crippen LogP contribution in [0.4, 0.5) is 13.2 Å². The quantitative estimate of drug-likeness (QED) is 0.748. The van der Waals surface area contributed by atoms with Gasteiger partial charge in [0.2, 0.25) is 0 Å². The van der Waals surface area contributed by atoms with E-state index < -0.39 is 11.6 Å². The third kappa shape index (κ3) is 1.66. The van der Waals surface area contributed by atoms with Gasteiger partial charge in [0.05, 0.1) is 13.2 Å². The van der Waals surface area contributed by atoms with E-state index in [0.717, 1.165) is 31.2 Å². The molecule has 1 aromatic rings. The van der Waals surface area contributed by atoms with Crippen LogP contribution in [0.15, 0.2) is 18.2 Å². The van der Waals surface area contributed by atoms with Gasteiger partial charge in [-0.05, 0) is 42.4 Å². The predicted molar refractivity (Wildman–Crippen MR) is 61.6 cm³/mol. The Hall–Kier alpha value is -1.03. The van der Waals surface area contributed by atoms with E-state index in [9.17, 15) is 13.2 Å². The smallest absolute Gasteiger partial charge is 0.379 e. The zero-order valence-corrected chi connectivity index (χ0v) is 10.0. The second-order valence-electron chi connectivity index (χ2n) is 5.26. The largest absolute Gasteiger partial charge is 0.402 e. The van der Waals surface area contributed by atoms with Crippen molar-refractivity contribution in [3.63, 3.8) is 0 Å². The highest BCUT2D eigenvalue weighted by atomic mass is 19.4. The molecule has 1 heterocycles. The van der Waals surface area contributed by atoms with Crippen molar-refractivity contribution in [2.45, 2.75) is 37.3 Å². The lowest BCUT2D eigenvalue weighted by Crippen LogP contribution is -2.57. The number of halogens is 3. The molecule has 0 unspecified atom stereocenters. The number of hydrogen-bond donors (Lipinski definition) is 0. The van der Waals surface area contributed by atoms with Gasteiger partial charge in [-0.2, -0.15) is 13.2 Å². The van der Waals surface area contributed by atoms with E-state index in [4.69, 9.17) is 4.74 Å². The van der Waals surface area contributed by atoms with E-state index in [-0.39, 0.29) is 13.2 Å². The summed E-state index contributed by atoms with van der Waals surface area (Å²) in [7, 11) is 0. The molecule has 1 nitrogen and oxygen atoms in total. The molecule has 1 aliphatic carbocycles. The van der Waals surface area contributed by atoms with Crippen molar-refractivity contribution >= 4 is 0 Å². The van der Waals surface area contributed by atoms with E-state index >= 15 is 0 Å². The van der Waals surface area contributed by atoms with Crippen LogP contribution in [0.1, 0.15) is 29.5 Å². The zero-order chi connectivity index (χ0) is 12.8. The summed E-state index contributed by atoms with van der Waals surface area (Å²) < 4.78 is 44.4. The summed E-state index contributed by atoms with van der Waals surface area (Å²) in [5.41, 5.74) is 0.915. The molecule has 0 aromatic heterocycles. The number of benzene rings is 1. The Morgan fingerprint density at radius 1 is 1.00 bits per heavy atom. The third-order valence-electron chi connectivity index (χ3n) is 4.14. The van der Waals surface area contributed by atoms with Crippen LogP contribution in [-0.4, -0.2) is 19.4 Å². The topological polar surface area (TPSA) is 9.23 Å². The normalized spacial score (nSPS) is 22.2. The van der Waals surface area contributed by atoms with Gasteiger partial charge in [-0.3, -0.25) is 0 Å². The first-order valence-electron chi connectivity index (χ1n) is 6.30. The lowest BCUT2D eigenvalue weighted by Gasteiger charge is -2.43. The first-order chi connectivity index (χ1) is 8.53. The van der Waals surface area contributed by atoms with Crippen LogP contribution in [0.5, 0.6) is 0 Å². The number of fused-ring (bicyclic) bond motifs is 1. The molecule has 2 aliphatic rings. The minimum Gasteiger partial charge on any atom is -0.379 e. The maximum Gasteiger partial charge on any atom is 0.402 e. The highest BCUT2D eigenvalue weighted by Crippen LogP contribution is 2.47. The van der Waals surface area contributed by atoms with E-state index in [2.05, 4.69) is 0 Å². The fourth-order valence-corrected chi connectivity index (χ4v) is 2.83. The summed E-state index contributed by atoms with van der Waals surface area (Å²) in [6.45, 7) is -0.482. The fraction of sp³-hybridized carbons (Fsp3) is 0.571. The van der Waals surface area contributed by atoms with Crippen LogP contribution in [0, 0.1) is 0 Å². The van der Waals surface area contributed by atoms with E-state index in [1.807, 2.05) is 6.07 Å². The molecule has 0 saturated carbocycles. The maximum absolute atomic E-state index is 13.2. The van der Waals surface area contributed by atoms with Gasteiger partial charge in [-0.15, -0.1) is 0 Å². The molecule has 0 amide bonds. The van der Waals surface area contributed by atoms with Crippen molar-refractivity contribution in [2.24, 2.45) is 0 Å². The number of ether oxygens (including phenoxy) is 1. The average Bonchev–Trinajstić information content (AvgIpc) is 2.25. The average molecular weight is 256 g/mol. The standard InChI is InChI=1S/C14H15F3O/c15-14(16,17)13(8-18-9-13)12-6-5-10-3-1-2-4-11(10)7-12/h5-7H,1-4,8-9H2. The van der Waals surface area contributed by atoms with Crippen molar-refractivity contribution in [3.8, 4) is 0 Å². The summed E-state index contributed by atoms with van der Waals surface area (Å²) >= 11 is 0. The second-order valence-corrected chi connectivity index (χ2v) is 5.26. The minimum absolute atomic E-state index is 0.241. The van der Waals surface area contributed by atoms with Crippen molar-refractivity contribution in [2.75, 3.05) is 13.2 Å². The monoisotopic (exact) mass is 256 g/mol. The molecule has 1 fully saturated rings. The minimum atomic E-state index is -4.23. The van der Waals surface area contributed by atoms with Crippen LogP contribution in [-0.2, 0) is 23.0 Å². The predicted octanol–water partition coefficient (Wildman–Crippen LogP) is 3.40. The highest BCUT2D eigenvalue weighted by Gasteiger charge is 2.61. The highest BCUT2D eigenvalue weighted by molar-refractivity contribution is 5.39. The maximum atomic E-state index is 13.2. The van der Waals surface area contributed by atoms with Gasteiger partial charge in [0.15, 0.2) is 0 Å². The number of alkyl halides is 3. The first-order valence-corrected chi connectivity index (χ1v) is 6.30. The van der Waals surface area contributed by atoms with Gasteiger partial charge < -0.3 is 4.74 Å². The summed E-state index contributed by atoms with van der Waals surface area (Å²) in [4.78, 5) is 0. The van der Waals surface area contributed by atoms with Crippen LogP contribution >= 0.6 is 0 Å². The van der Waals surface area contributed by atoms with E-state index in [0.29, 0.717) is 5.56 Å². The van der Waals surface area contributed by atoms with Crippen LogP contribution in [0.25, 0.3) is 0 Å². The van der Waals surface area contributed by atoms with Gasteiger partial charge in [0.25, 0.3) is 0 Å². The van der Waals surface area contributed by atoms with Gasteiger partial charge >= 0.3 is 6.18 Å². The number of aryl methyl sites for hydroxylation is 2. The SMILES string of the molecule is FC(F)(F)C1(c2ccc3c(c2)CCCC3)COC1. The molecule has 3 rings (SSSR count). The van der Waals surface area contributed by atoms with Crippen molar-refractivity contribution in [3.05, 3.63) is 34.9 Å². The lowest BCUT2D eigenvalue weighted by molar-refractivity contribution is -0.262. The number of rotatable bonds is 1. The summed E-state index contributed by atoms with van der Waals surface area (Å²) in [5.74, 6) is 0. The molecule has 0 N–H and O–H groups in total. The lowest BCUT2D eigenvalue weighted by atomic mass is 9.76. The molecule has 0 bridgehead atoms. The summed E-state index contributed by atoms with van der Waals surface area (Å²) in [5, 5.41) is 0. The van der Waals surface area contributed by atoms with Crippen molar-refractivity contribution in [1.82, 2.24) is 0 Å². The van der Waals surface area contributed by atoms with Crippen molar-refractivity contribution < 1.29 is 17.9 Å². The first kappa shape index (κ1) is 12.0. The molecule has 0 atom stereocenters. The molecule has 1 aromatic carbocycles. The Labute approximate surface area is 104 Å². The fourth-order valence-electron chi connectivity index (χ4n) is 2.83. The van der Waals surface area contributed by atoms with Crippen LogP contribution in [0.2, 0.25) is 0 Å². The molecule has 4 heteroatoms. The van der Waals surface area contributed by atoms with Gasteiger partial charge in [0, 0.05) is 0 Å². The Balaban J connectivity index is 2.01. The Kier molecular flexibility index (Phi) is 2.66. The molecule has 1 saturated heterocycles. The van der Waals surface area contributed by atoms with Gasteiger partial charge in [-0.1, -0.05) is 18.2 Å². The van der Waals surface area contributed by atoms with Gasteiger partial charge in [-0.25, -0.2) is 0 Å². The van der Waals surface area contributed by atoms with Crippen molar-refractivity contribution in [1.29, 1.82) is 0 Å². The Bertz CT molecular complexity index is 461. The third-order valence-corrected chi connectivity index (χ3v) is 4.14. The molecular formula is C14H15F3O.